The van der Waals surface area contributed by atoms with Crippen molar-refractivity contribution in [3.05, 3.63) is 78.0 Å². The molecular formula is C24H22FN5O. The van der Waals surface area contributed by atoms with Crippen molar-refractivity contribution >= 4 is 22.6 Å². The number of H-pyrrole nitrogens is 1. The first kappa shape index (κ1) is 19.4. The van der Waals surface area contributed by atoms with Gasteiger partial charge in [0.05, 0.1) is 0 Å². The van der Waals surface area contributed by atoms with Crippen molar-refractivity contribution in [1.82, 2.24) is 19.9 Å². The summed E-state index contributed by atoms with van der Waals surface area (Å²) in [5, 5.41) is 0.731. The Morgan fingerprint density at radius 3 is 2.42 bits per heavy atom. The van der Waals surface area contributed by atoms with Gasteiger partial charge in [0.25, 0.3) is 0 Å². The van der Waals surface area contributed by atoms with Crippen LogP contribution in [0.25, 0.3) is 22.2 Å². The Hall–Kier alpha value is -3.58. The molecule has 6 nitrogen and oxygen atoms in total. The van der Waals surface area contributed by atoms with Gasteiger partial charge in [0.15, 0.2) is 5.78 Å². The predicted octanol–water partition coefficient (Wildman–Crippen LogP) is 3.75. The number of benzene rings is 1. The molecule has 1 aliphatic heterocycles. The second-order valence-corrected chi connectivity index (χ2v) is 7.85. The minimum absolute atomic E-state index is 0.172. The molecule has 1 fully saturated rings. The molecule has 0 radical (unpaired) electrons. The molecule has 1 aromatic carbocycles. The third kappa shape index (κ3) is 3.80. The van der Waals surface area contributed by atoms with E-state index in [4.69, 9.17) is 0 Å². The first-order chi connectivity index (χ1) is 15.1. The third-order valence-electron chi connectivity index (χ3n) is 5.79. The van der Waals surface area contributed by atoms with Crippen LogP contribution >= 0.6 is 0 Å². The van der Waals surface area contributed by atoms with Crippen LogP contribution in [0.15, 0.2) is 61.1 Å². The van der Waals surface area contributed by atoms with Crippen LogP contribution < -0.4 is 4.90 Å². The van der Waals surface area contributed by atoms with Crippen molar-refractivity contribution in [2.24, 2.45) is 0 Å². The average Bonchev–Trinajstić information content (AvgIpc) is 3.23. The number of hydrogen-bond acceptors (Lipinski definition) is 5. The van der Waals surface area contributed by atoms with Gasteiger partial charge in [-0.05, 0) is 49.5 Å². The zero-order valence-electron chi connectivity index (χ0n) is 17.2. The molecule has 0 bridgehead atoms. The standard InChI is InChI=1S/C24H22FN5O/c1-29-8-10-30(11-9-29)22-7-4-17(13-26-22)18-12-20-21(15-28-24(20)27-14-18)23(31)16-2-5-19(25)6-3-16/h2-7,12-15H,8-11H2,1H3,(H,27,28). The van der Waals surface area contributed by atoms with E-state index >= 15 is 0 Å². The molecule has 1 saturated heterocycles. The summed E-state index contributed by atoms with van der Waals surface area (Å²) in [6, 6.07) is 11.6. The first-order valence-corrected chi connectivity index (χ1v) is 10.3. The van der Waals surface area contributed by atoms with Crippen molar-refractivity contribution in [1.29, 1.82) is 0 Å². The molecule has 0 unspecified atom stereocenters. The second-order valence-electron chi connectivity index (χ2n) is 7.85. The molecule has 4 heterocycles. The summed E-state index contributed by atoms with van der Waals surface area (Å²) in [7, 11) is 2.13. The van der Waals surface area contributed by atoms with Crippen molar-refractivity contribution < 1.29 is 9.18 Å². The first-order valence-electron chi connectivity index (χ1n) is 10.3. The number of carbonyl (C=O) groups is 1. The number of aromatic nitrogens is 3. The van der Waals surface area contributed by atoms with Crippen LogP contribution in [0.1, 0.15) is 15.9 Å². The number of anilines is 1. The van der Waals surface area contributed by atoms with E-state index in [1.54, 1.807) is 12.4 Å². The van der Waals surface area contributed by atoms with Gasteiger partial charge >= 0.3 is 0 Å². The lowest BCUT2D eigenvalue weighted by Crippen LogP contribution is -2.44. The van der Waals surface area contributed by atoms with E-state index < -0.39 is 0 Å². The Bertz CT molecular complexity index is 1230. The number of pyridine rings is 2. The maximum absolute atomic E-state index is 13.2. The number of hydrogen-bond donors (Lipinski definition) is 1. The lowest BCUT2D eigenvalue weighted by Gasteiger charge is -2.33. The van der Waals surface area contributed by atoms with Crippen molar-refractivity contribution in [3.8, 4) is 11.1 Å². The Morgan fingerprint density at radius 2 is 1.71 bits per heavy atom. The maximum atomic E-state index is 13.2. The molecule has 1 N–H and O–H groups in total. The zero-order chi connectivity index (χ0) is 21.4. The number of halogens is 1. The van der Waals surface area contributed by atoms with Crippen LogP contribution in [0.3, 0.4) is 0 Å². The maximum Gasteiger partial charge on any atom is 0.195 e. The topological polar surface area (TPSA) is 65.1 Å². The van der Waals surface area contributed by atoms with Gasteiger partial charge in [-0.15, -0.1) is 0 Å². The second kappa shape index (κ2) is 7.92. The van der Waals surface area contributed by atoms with Gasteiger partial charge in [-0.25, -0.2) is 14.4 Å². The minimum Gasteiger partial charge on any atom is -0.354 e. The Kier molecular flexibility index (Phi) is 4.95. The summed E-state index contributed by atoms with van der Waals surface area (Å²) in [6.45, 7) is 3.99. The predicted molar refractivity (Wildman–Crippen MR) is 119 cm³/mol. The summed E-state index contributed by atoms with van der Waals surface area (Å²) in [4.78, 5) is 29.7. The lowest BCUT2D eigenvalue weighted by atomic mass is 10.0. The molecular weight excluding hydrogens is 393 g/mol. The highest BCUT2D eigenvalue weighted by Gasteiger charge is 2.17. The van der Waals surface area contributed by atoms with E-state index in [0.29, 0.717) is 16.8 Å². The van der Waals surface area contributed by atoms with Crippen LogP contribution in [0.2, 0.25) is 0 Å². The molecule has 5 rings (SSSR count). The van der Waals surface area contributed by atoms with Crippen LogP contribution in [-0.2, 0) is 0 Å². The van der Waals surface area contributed by atoms with Gasteiger partial charge < -0.3 is 14.8 Å². The van der Waals surface area contributed by atoms with Gasteiger partial charge in [-0.3, -0.25) is 4.79 Å². The van der Waals surface area contributed by atoms with E-state index in [1.165, 1.54) is 24.3 Å². The van der Waals surface area contributed by atoms with Crippen molar-refractivity contribution in [2.45, 2.75) is 0 Å². The molecule has 0 amide bonds. The minimum atomic E-state index is -0.369. The summed E-state index contributed by atoms with van der Waals surface area (Å²) < 4.78 is 13.2. The Labute approximate surface area is 179 Å². The number of likely N-dealkylation sites (N-methyl/N-ethyl adjacent to an activating group) is 1. The summed E-state index contributed by atoms with van der Waals surface area (Å²) in [5.74, 6) is 0.431. The van der Waals surface area contributed by atoms with Gasteiger partial charge in [-0.2, -0.15) is 0 Å². The quantitative estimate of drug-likeness (QED) is 0.515. The number of ketones is 1. The molecule has 7 heteroatoms. The summed E-state index contributed by atoms with van der Waals surface area (Å²) >= 11 is 0. The summed E-state index contributed by atoms with van der Waals surface area (Å²) in [5.41, 5.74) is 3.41. The number of rotatable bonds is 4. The zero-order valence-corrected chi connectivity index (χ0v) is 17.2. The smallest absolute Gasteiger partial charge is 0.195 e. The molecule has 0 atom stereocenters. The van der Waals surface area contributed by atoms with Gasteiger partial charge in [0.1, 0.15) is 17.3 Å². The third-order valence-corrected chi connectivity index (χ3v) is 5.79. The van der Waals surface area contributed by atoms with E-state index in [0.717, 1.165) is 48.5 Å². The average molecular weight is 415 g/mol. The largest absolute Gasteiger partial charge is 0.354 e. The van der Waals surface area contributed by atoms with Crippen LogP contribution in [-0.4, -0.2) is 58.9 Å². The molecule has 0 saturated carbocycles. The highest BCUT2D eigenvalue weighted by molar-refractivity contribution is 6.16. The number of aromatic amines is 1. The van der Waals surface area contributed by atoms with Crippen LogP contribution in [0.4, 0.5) is 10.2 Å². The van der Waals surface area contributed by atoms with Crippen molar-refractivity contribution in [3.63, 3.8) is 0 Å². The number of piperazine rings is 1. The molecule has 0 aliphatic carbocycles. The molecule has 156 valence electrons. The number of carbonyl (C=O) groups excluding carboxylic acids is 1. The Morgan fingerprint density at radius 1 is 0.968 bits per heavy atom. The fraction of sp³-hybridized carbons (Fsp3) is 0.208. The lowest BCUT2D eigenvalue weighted by molar-refractivity contribution is 0.104. The van der Waals surface area contributed by atoms with Gasteiger partial charge in [-0.1, -0.05) is 0 Å². The van der Waals surface area contributed by atoms with Crippen LogP contribution in [0, 0.1) is 5.82 Å². The normalized spacial score (nSPS) is 14.8. The van der Waals surface area contributed by atoms with Crippen LogP contribution in [0.5, 0.6) is 0 Å². The highest BCUT2D eigenvalue weighted by Crippen LogP contribution is 2.27. The van der Waals surface area contributed by atoms with E-state index in [-0.39, 0.29) is 11.6 Å². The monoisotopic (exact) mass is 415 g/mol. The molecule has 1 aliphatic rings. The fourth-order valence-electron chi connectivity index (χ4n) is 3.89. The summed E-state index contributed by atoms with van der Waals surface area (Å²) in [6.07, 6.45) is 5.28. The molecule has 3 aromatic heterocycles. The van der Waals surface area contributed by atoms with Gasteiger partial charge in [0.2, 0.25) is 0 Å². The number of nitrogens with zero attached hydrogens (tertiary/aromatic N) is 4. The fourth-order valence-corrected chi connectivity index (χ4v) is 3.89. The molecule has 0 spiro atoms. The van der Waals surface area contributed by atoms with Crippen molar-refractivity contribution in [2.75, 3.05) is 38.1 Å². The Balaban J connectivity index is 1.44. The number of fused-ring (bicyclic) bond motifs is 1. The molecule has 4 aromatic rings. The van der Waals surface area contributed by atoms with E-state index in [1.807, 2.05) is 24.4 Å². The van der Waals surface area contributed by atoms with Gasteiger partial charge in [0, 0.05) is 72.4 Å². The number of nitrogens with one attached hydrogen (secondary N) is 1. The van der Waals surface area contributed by atoms with E-state index in [9.17, 15) is 9.18 Å². The molecule has 31 heavy (non-hydrogen) atoms. The SMILES string of the molecule is CN1CCN(c2ccc(-c3cnc4[nH]cc(C(=O)c5ccc(F)cc5)c4c3)cn2)CC1. The van der Waals surface area contributed by atoms with E-state index in [2.05, 4.69) is 31.8 Å². The highest BCUT2D eigenvalue weighted by atomic mass is 19.1.